The number of carboxylic acids is 1. The topological polar surface area (TPSA) is 200 Å². The number of aliphatic carboxylic acids is 1. The number of carbonyl (C=O) groups is 5. The molecule has 8 N–H and O–H groups in total. The average Bonchev–Trinajstić information content (AvgIpc) is 3.35. The summed E-state index contributed by atoms with van der Waals surface area (Å²) < 4.78 is 0. The summed E-state index contributed by atoms with van der Waals surface area (Å²) in [6.45, 7) is 4.04. The molecule has 198 valence electrons. The summed E-state index contributed by atoms with van der Waals surface area (Å²) in [6.07, 6.45) is 1.20. The van der Waals surface area contributed by atoms with E-state index in [9.17, 15) is 34.2 Å². The van der Waals surface area contributed by atoms with Crippen molar-refractivity contribution in [2.45, 2.75) is 70.1 Å². The maximum absolute atomic E-state index is 13.0. The van der Waals surface area contributed by atoms with E-state index in [0.717, 1.165) is 6.42 Å². The first-order chi connectivity index (χ1) is 17.0. The van der Waals surface area contributed by atoms with Crippen molar-refractivity contribution in [3.63, 3.8) is 0 Å². The van der Waals surface area contributed by atoms with Crippen LogP contribution in [0.2, 0.25) is 0 Å². The maximum Gasteiger partial charge on any atom is 0.326 e. The summed E-state index contributed by atoms with van der Waals surface area (Å²) in [4.78, 5) is 61.7. The number of rotatable bonds is 13. The number of hydrogen-bond donors (Lipinski definition) is 7. The predicted molar refractivity (Wildman–Crippen MR) is 130 cm³/mol. The quantitative estimate of drug-likeness (QED) is 0.180. The Morgan fingerprint density at radius 1 is 1.03 bits per heavy atom. The molecule has 4 amide bonds. The van der Waals surface area contributed by atoms with E-state index < -0.39 is 53.8 Å². The average molecular weight is 506 g/mol. The number of amides is 4. The summed E-state index contributed by atoms with van der Waals surface area (Å²) >= 11 is 0. The largest absolute Gasteiger partial charge is 0.508 e. The van der Waals surface area contributed by atoms with Gasteiger partial charge in [-0.15, -0.1) is 0 Å². The summed E-state index contributed by atoms with van der Waals surface area (Å²) in [5.74, 6) is -4.06. The molecule has 1 aromatic rings. The van der Waals surface area contributed by atoms with E-state index in [4.69, 9.17) is 5.73 Å². The number of phenols is 1. The van der Waals surface area contributed by atoms with Gasteiger partial charge in [-0.25, -0.2) is 4.79 Å². The molecular weight excluding hydrogens is 470 g/mol. The van der Waals surface area contributed by atoms with Crippen LogP contribution in [0.3, 0.4) is 0 Å². The van der Waals surface area contributed by atoms with E-state index in [2.05, 4.69) is 21.3 Å². The molecule has 0 radical (unpaired) electrons. The second-order valence-electron chi connectivity index (χ2n) is 9.22. The van der Waals surface area contributed by atoms with Crippen molar-refractivity contribution >= 4 is 29.6 Å². The third-order valence-corrected chi connectivity index (χ3v) is 5.93. The highest BCUT2D eigenvalue weighted by molar-refractivity contribution is 5.94. The lowest BCUT2D eigenvalue weighted by Crippen LogP contribution is -2.58. The fourth-order valence-electron chi connectivity index (χ4n) is 3.85. The van der Waals surface area contributed by atoms with Gasteiger partial charge in [0.05, 0.1) is 6.04 Å². The van der Waals surface area contributed by atoms with E-state index in [-0.39, 0.29) is 30.9 Å². The van der Waals surface area contributed by atoms with Crippen molar-refractivity contribution in [1.82, 2.24) is 21.3 Å². The SMILES string of the molecule is CC(C)C(NC(=O)C(CCC(N)=O)NC(=O)C1CCCN1)C(=O)NC(Cc1ccc(O)cc1)C(=O)O. The van der Waals surface area contributed by atoms with Crippen molar-refractivity contribution in [1.29, 1.82) is 0 Å². The summed E-state index contributed by atoms with van der Waals surface area (Å²) in [5, 5.41) is 29.7. The monoisotopic (exact) mass is 505 g/mol. The Kier molecular flexibility index (Phi) is 10.7. The Bertz CT molecular complexity index is 945. The molecule has 1 aliphatic rings. The standard InChI is InChI=1S/C24H35N5O7/c1-13(2)20(23(34)28-18(24(35)36)12-14-5-7-15(30)8-6-14)29-22(33)17(9-10-19(25)31)27-21(32)16-4-3-11-26-16/h5-8,13,16-18,20,26,30H,3-4,9-12H2,1-2H3,(H2,25,31)(H,27,32)(H,28,34)(H,29,33)(H,35,36). The minimum Gasteiger partial charge on any atom is -0.508 e. The van der Waals surface area contributed by atoms with Crippen molar-refractivity contribution < 1.29 is 34.2 Å². The Balaban J connectivity index is 2.10. The molecule has 0 spiro atoms. The molecule has 1 heterocycles. The van der Waals surface area contributed by atoms with Gasteiger partial charge in [-0.3, -0.25) is 19.2 Å². The van der Waals surface area contributed by atoms with Crippen LogP contribution in [0.1, 0.15) is 45.1 Å². The molecule has 1 aliphatic heterocycles. The highest BCUT2D eigenvalue weighted by Crippen LogP contribution is 2.13. The van der Waals surface area contributed by atoms with E-state index in [1.807, 2.05) is 0 Å². The van der Waals surface area contributed by atoms with Crippen LogP contribution in [-0.2, 0) is 30.4 Å². The Hall–Kier alpha value is -3.67. The lowest BCUT2D eigenvalue weighted by atomic mass is 10.00. The lowest BCUT2D eigenvalue weighted by molar-refractivity contribution is -0.142. The van der Waals surface area contributed by atoms with E-state index in [0.29, 0.717) is 18.5 Å². The van der Waals surface area contributed by atoms with Gasteiger partial charge in [0.15, 0.2) is 0 Å². The number of carboxylic acid groups (broad SMARTS) is 1. The van der Waals surface area contributed by atoms with Crippen molar-refractivity contribution in [3.05, 3.63) is 29.8 Å². The van der Waals surface area contributed by atoms with Gasteiger partial charge in [-0.05, 0) is 49.4 Å². The predicted octanol–water partition coefficient (Wildman–Crippen LogP) is -0.853. The molecule has 4 atom stereocenters. The van der Waals surface area contributed by atoms with Gasteiger partial charge in [0.1, 0.15) is 23.9 Å². The van der Waals surface area contributed by atoms with Crippen LogP contribution >= 0.6 is 0 Å². The van der Waals surface area contributed by atoms with Crippen LogP contribution in [0, 0.1) is 5.92 Å². The van der Waals surface area contributed by atoms with Crippen molar-refractivity contribution in [2.75, 3.05) is 6.54 Å². The lowest BCUT2D eigenvalue weighted by Gasteiger charge is -2.27. The van der Waals surface area contributed by atoms with Crippen LogP contribution in [-0.4, -0.2) is 70.5 Å². The number of phenolic OH excluding ortho intramolecular Hbond substituents is 1. The zero-order valence-corrected chi connectivity index (χ0v) is 20.5. The molecule has 1 aromatic carbocycles. The third kappa shape index (κ3) is 8.84. The minimum atomic E-state index is -1.28. The maximum atomic E-state index is 13.0. The minimum absolute atomic E-state index is 0.0268. The number of nitrogens with two attached hydrogens (primary N) is 1. The van der Waals surface area contributed by atoms with Gasteiger partial charge in [0, 0.05) is 12.8 Å². The molecule has 36 heavy (non-hydrogen) atoms. The molecule has 1 saturated heterocycles. The molecule has 4 unspecified atom stereocenters. The van der Waals surface area contributed by atoms with Crippen molar-refractivity contribution in [2.24, 2.45) is 11.7 Å². The zero-order valence-electron chi connectivity index (χ0n) is 20.5. The number of hydrogen-bond acceptors (Lipinski definition) is 7. The third-order valence-electron chi connectivity index (χ3n) is 5.93. The molecule has 12 nitrogen and oxygen atoms in total. The first-order valence-electron chi connectivity index (χ1n) is 11.9. The van der Waals surface area contributed by atoms with E-state index >= 15 is 0 Å². The van der Waals surface area contributed by atoms with Crippen LogP contribution in [0.15, 0.2) is 24.3 Å². The molecule has 0 aromatic heterocycles. The fourth-order valence-corrected chi connectivity index (χ4v) is 3.85. The molecule has 12 heteroatoms. The normalized spacial score (nSPS) is 17.6. The Morgan fingerprint density at radius 2 is 1.69 bits per heavy atom. The molecule has 0 saturated carbocycles. The fraction of sp³-hybridized carbons (Fsp3) is 0.542. The van der Waals surface area contributed by atoms with Gasteiger partial charge in [0.25, 0.3) is 0 Å². The zero-order chi connectivity index (χ0) is 26.8. The molecule has 0 aliphatic carbocycles. The molecule has 2 rings (SSSR count). The molecular formula is C24H35N5O7. The van der Waals surface area contributed by atoms with Crippen LogP contribution < -0.4 is 27.0 Å². The number of carbonyl (C=O) groups excluding carboxylic acids is 4. The van der Waals surface area contributed by atoms with Gasteiger partial charge in [-0.1, -0.05) is 26.0 Å². The summed E-state index contributed by atoms with van der Waals surface area (Å²) in [7, 11) is 0. The van der Waals surface area contributed by atoms with Gasteiger partial charge in [-0.2, -0.15) is 0 Å². The van der Waals surface area contributed by atoms with Crippen LogP contribution in [0.4, 0.5) is 0 Å². The Labute approximate surface area is 209 Å². The molecule has 1 fully saturated rings. The van der Waals surface area contributed by atoms with Gasteiger partial charge < -0.3 is 37.2 Å². The first kappa shape index (κ1) is 28.6. The van der Waals surface area contributed by atoms with Crippen LogP contribution in [0.25, 0.3) is 0 Å². The van der Waals surface area contributed by atoms with Crippen molar-refractivity contribution in [3.8, 4) is 5.75 Å². The van der Waals surface area contributed by atoms with E-state index in [1.165, 1.54) is 12.1 Å². The van der Waals surface area contributed by atoms with Gasteiger partial charge in [0.2, 0.25) is 23.6 Å². The number of aromatic hydroxyl groups is 1. The Morgan fingerprint density at radius 3 is 2.22 bits per heavy atom. The summed E-state index contributed by atoms with van der Waals surface area (Å²) in [6, 6.07) is 1.98. The highest BCUT2D eigenvalue weighted by atomic mass is 16.4. The van der Waals surface area contributed by atoms with Crippen LogP contribution in [0.5, 0.6) is 5.75 Å². The molecule has 0 bridgehead atoms. The summed E-state index contributed by atoms with van der Waals surface area (Å²) in [5.41, 5.74) is 5.80. The number of benzene rings is 1. The first-order valence-corrected chi connectivity index (χ1v) is 11.9. The smallest absolute Gasteiger partial charge is 0.326 e. The highest BCUT2D eigenvalue weighted by Gasteiger charge is 2.33. The van der Waals surface area contributed by atoms with E-state index in [1.54, 1.807) is 26.0 Å². The number of primary amides is 1. The van der Waals surface area contributed by atoms with Gasteiger partial charge >= 0.3 is 5.97 Å². The second-order valence-corrected chi connectivity index (χ2v) is 9.22. The second kappa shape index (κ2) is 13.4. The number of nitrogens with one attached hydrogen (secondary N) is 4.